The molecule has 2 N–H and O–H groups in total. The van der Waals surface area contributed by atoms with Crippen molar-refractivity contribution in [2.45, 2.75) is 57.0 Å². The van der Waals surface area contributed by atoms with Gasteiger partial charge in [-0.3, -0.25) is 0 Å². The minimum Gasteiger partial charge on any atom is -0.326 e. The first kappa shape index (κ1) is 16.4. The molecule has 6 heteroatoms. The molecule has 1 aliphatic heterocycles. The normalized spacial score (nSPS) is 20.7. The van der Waals surface area contributed by atoms with Crippen LogP contribution in [0.25, 0.3) is 0 Å². The minimum absolute atomic E-state index is 0.00717. The Bertz CT molecular complexity index is 616. The van der Waals surface area contributed by atoms with Gasteiger partial charge in [-0.2, -0.15) is 4.31 Å². The summed E-state index contributed by atoms with van der Waals surface area (Å²) in [5.41, 5.74) is 6.21. The topological polar surface area (TPSA) is 63.4 Å². The smallest absolute Gasteiger partial charge is 0.243 e. The van der Waals surface area contributed by atoms with Crippen LogP contribution >= 0.6 is 0 Å². The molecule has 1 fully saturated rings. The lowest BCUT2D eigenvalue weighted by Gasteiger charge is -2.34. The third-order valence-corrected chi connectivity index (χ3v) is 6.30. The summed E-state index contributed by atoms with van der Waals surface area (Å²) >= 11 is 0. The Kier molecular flexibility index (Phi) is 5.01. The van der Waals surface area contributed by atoms with Gasteiger partial charge < -0.3 is 5.73 Å². The van der Waals surface area contributed by atoms with E-state index in [1.807, 2.05) is 6.92 Å². The molecular formula is C15H23FN2O2S. The second-order valence-corrected chi connectivity index (χ2v) is 7.44. The Morgan fingerprint density at radius 2 is 2.10 bits per heavy atom. The molecule has 0 bridgehead atoms. The van der Waals surface area contributed by atoms with Crippen LogP contribution in [0.3, 0.4) is 0 Å². The van der Waals surface area contributed by atoms with Crippen molar-refractivity contribution >= 4 is 10.0 Å². The van der Waals surface area contributed by atoms with Gasteiger partial charge in [0.25, 0.3) is 0 Å². The van der Waals surface area contributed by atoms with Gasteiger partial charge in [0.2, 0.25) is 10.0 Å². The quantitative estimate of drug-likeness (QED) is 0.929. The Hall–Kier alpha value is -0.980. The molecule has 0 radical (unpaired) electrons. The summed E-state index contributed by atoms with van der Waals surface area (Å²) in [4.78, 5) is 0.0586. The van der Waals surface area contributed by atoms with E-state index in [1.165, 1.54) is 19.1 Å². The van der Waals surface area contributed by atoms with Crippen LogP contribution < -0.4 is 5.73 Å². The van der Waals surface area contributed by atoms with Crippen LogP contribution in [-0.2, 0) is 16.6 Å². The van der Waals surface area contributed by atoms with E-state index < -0.39 is 15.8 Å². The van der Waals surface area contributed by atoms with E-state index in [-0.39, 0.29) is 23.0 Å². The molecule has 1 unspecified atom stereocenters. The van der Waals surface area contributed by atoms with Crippen molar-refractivity contribution in [3.63, 3.8) is 0 Å². The lowest BCUT2D eigenvalue weighted by molar-refractivity contribution is 0.246. The van der Waals surface area contributed by atoms with Gasteiger partial charge in [-0.25, -0.2) is 12.8 Å². The third-order valence-electron chi connectivity index (χ3n) is 4.22. The molecule has 1 atom stereocenters. The lowest BCUT2D eigenvalue weighted by Crippen LogP contribution is -2.43. The highest BCUT2D eigenvalue weighted by Crippen LogP contribution is 2.30. The summed E-state index contributed by atoms with van der Waals surface area (Å²) in [7, 11) is -3.67. The van der Waals surface area contributed by atoms with Gasteiger partial charge in [-0.05, 0) is 43.9 Å². The van der Waals surface area contributed by atoms with Gasteiger partial charge in [-0.15, -0.1) is 0 Å². The zero-order chi connectivity index (χ0) is 15.6. The number of nitrogens with two attached hydrogens (primary N) is 1. The van der Waals surface area contributed by atoms with Gasteiger partial charge in [0.1, 0.15) is 5.82 Å². The average molecular weight is 314 g/mol. The number of piperidine rings is 1. The summed E-state index contributed by atoms with van der Waals surface area (Å²) in [5.74, 6) is -0.512. The fraction of sp³-hybridized carbons (Fsp3) is 0.600. The van der Waals surface area contributed by atoms with Gasteiger partial charge >= 0.3 is 0 Å². The van der Waals surface area contributed by atoms with Crippen molar-refractivity contribution in [3.05, 3.63) is 29.1 Å². The maximum absolute atomic E-state index is 14.0. The first-order chi connectivity index (χ1) is 9.91. The summed E-state index contributed by atoms with van der Waals surface area (Å²) in [6, 6.07) is 2.82. The molecule has 21 heavy (non-hydrogen) atoms. The number of nitrogens with zero attached hydrogens (tertiary/aromatic N) is 1. The zero-order valence-electron chi connectivity index (χ0n) is 12.6. The number of benzene rings is 1. The zero-order valence-corrected chi connectivity index (χ0v) is 13.4. The van der Waals surface area contributed by atoms with E-state index in [4.69, 9.17) is 5.73 Å². The van der Waals surface area contributed by atoms with Crippen molar-refractivity contribution in [1.29, 1.82) is 0 Å². The molecule has 0 saturated carbocycles. The fourth-order valence-electron chi connectivity index (χ4n) is 2.92. The minimum atomic E-state index is -3.67. The molecule has 1 aliphatic rings. The Morgan fingerprint density at radius 1 is 1.38 bits per heavy atom. The largest absolute Gasteiger partial charge is 0.326 e. The predicted molar refractivity (Wildman–Crippen MR) is 80.9 cm³/mol. The average Bonchev–Trinajstić information content (AvgIpc) is 2.49. The molecule has 1 saturated heterocycles. The molecule has 1 aromatic rings. The van der Waals surface area contributed by atoms with E-state index in [9.17, 15) is 12.8 Å². The Labute approximate surface area is 126 Å². The van der Waals surface area contributed by atoms with Gasteiger partial charge in [0.15, 0.2) is 0 Å². The molecule has 4 nitrogen and oxygen atoms in total. The number of hydrogen-bond acceptors (Lipinski definition) is 3. The predicted octanol–water partition coefficient (Wildman–Crippen LogP) is 2.55. The van der Waals surface area contributed by atoms with E-state index in [0.717, 1.165) is 25.7 Å². The van der Waals surface area contributed by atoms with Crippen molar-refractivity contribution in [1.82, 2.24) is 4.31 Å². The van der Waals surface area contributed by atoms with Crippen LogP contribution in [0.15, 0.2) is 17.0 Å². The van der Waals surface area contributed by atoms with Gasteiger partial charge in [0, 0.05) is 24.7 Å². The van der Waals surface area contributed by atoms with Crippen molar-refractivity contribution in [2.75, 3.05) is 6.54 Å². The van der Waals surface area contributed by atoms with Crippen LogP contribution in [-0.4, -0.2) is 25.3 Å². The van der Waals surface area contributed by atoms with E-state index >= 15 is 0 Å². The van der Waals surface area contributed by atoms with Crippen LogP contribution in [0.1, 0.15) is 43.7 Å². The molecule has 1 aromatic carbocycles. The number of hydrogen-bond donors (Lipinski definition) is 1. The molecule has 118 valence electrons. The second-order valence-electron chi connectivity index (χ2n) is 5.58. The lowest BCUT2D eigenvalue weighted by atomic mass is 10.0. The first-order valence-corrected chi connectivity index (χ1v) is 8.86. The third kappa shape index (κ3) is 3.12. The van der Waals surface area contributed by atoms with E-state index in [0.29, 0.717) is 12.1 Å². The van der Waals surface area contributed by atoms with Gasteiger partial charge in [-0.1, -0.05) is 13.3 Å². The maximum atomic E-state index is 14.0. The van der Waals surface area contributed by atoms with Gasteiger partial charge in [0.05, 0.1) is 4.90 Å². The van der Waals surface area contributed by atoms with Crippen LogP contribution in [0.4, 0.5) is 4.39 Å². The molecule has 0 aliphatic carbocycles. The SMILES string of the molecule is CCC1CCCCN1S(=O)(=O)c1cc(CN)cc(F)c1C. The van der Waals surface area contributed by atoms with Crippen LogP contribution in [0.2, 0.25) is 0 Å². The standard InChI is InChI=1S/C15H23FN2O2S/c1-3-13-6-4-5-7-18(13)21(19,20)15-9-12(10-17)8-14(16)11(15)2/h8-9,13H,3-7,10,17H2,1-2H3. The number of halogens is 1. The van der Waals surface area contributed by atoms with E-state index in [1.54, 1.807) is 4.31 Å². The highest BCUT2D eigenvalue weighted by atomic mass is 32.2. The summed E-state index contributed by atoms with van der Waals surface area (Å²) in [6.45, 7) is 4.13. The molecule has 0 aromatic heterocycles. The van der Waals surface area contributed by atoms with Crippen molar-refractivity contribution < 1.29 is 12.8 Å². The first-order valence-electron chi connectivity index (χ1n) is 7.42. The second kappa shape index (κ2) is 6.42. The molecular weight excluding hydrogens is 291 g/mol. The highest BCUT2D eigenvalue weighted by molar-refractivity contribution is 7.89. The number of rotatable bonds is 4. The monoisotopic (exact) mass is 314 g/mol. The summed E-state index contributed by atoms with van der Waals surface area (Å²) in [5, 5.41) is 0. The van der Waals surface area contributed by atoms with Crippen LogP contribution in [0, 0.1) is 12.7 Å². The molecule has 0 spiro atoms. The van der Waals surface area contributed by atoms with Crippen molar-refractivity contribution in [3.8, 4) is 0 Å². The van der Waals surface area contributed by atoms with Crippen LogP contribution in [0.5, 0.6) is 0 Å². The summed E-state index contributed by atoms with van der Waals surface area (Å²) in [6.07, 6.45) is 3.54. The Morgan fingerprint density at radius 3 is 2.71 bits per heavy atom. The molecule has 2 rings (SSSR count). The fourth-order valence-corrected chi connectivity index (χ4v) is 4.97. The Balaban J connectivity index is 2.50. The maximum Gasteiger partial charge on any atom is 0.243 e. The molecule has 0 amide bonds. The van der Waals surface area contributed by atoms with Crippen molar-refractivity contribution in [2.24, 2.45) is 5.73 Å². The highest BCUT2D eigenvalue weighted by Gasteiger charge is 2.34. The number of sulfonamides is 1. The molecule has 1 heterocycles. The summed E-state index contributed by atoms with van der Waals surface area (Å²) < 4.78 is 41.3. The van der Waals surface area contributed by atoms with E-state index in [2.05, 4.69) is 0 Å².